The molecule has 0 saturated heterocycles. The van der Waals surface area contributed by atoms with Gasteiger partial charge in [0.25, 0.3) is 0 Å². The summed E-state index contributed by atoms with van der Waals surface area (Å²) in [7, 11) is 0. The van der Waals surface area contributed by atoms with Gasteiger partial charge in [-0.05, 0) is 32.6 Å². The van der Waals surface area contributed by atoms with Gasteiger partial charge in [0, 0.05) is 17.7 Å². The van der Waals surface area contributed by atoms with Gasteiger partial charge in [0.15, 0.2) is 6.10 Å². The summed E-state index contributed by atoms with van der Waals surface area (Å²) >= 11 is 11.8. The second-order valence-corrected chi connectivity index (χ2v) is 6.20. The van der Waals surface area contributed by atoms with Crippen molar-refractivity contribution in [1.29, 1.82) is 0 Å². The van der Waals surface area contributed by atoms with Crippen LogP contribution in [0.4, 0.5) is 0 Å². The molecule has 6 heteroatoms. The SMILES string of the molecule is C[C@H](OC(=O)CCCCC(Cl)CCCCCCCl)C(=O)O. The molecule has 1 N–H and O–H groups in total. The molecule has 1 unspecified atom stereocenters. The highest BCUT2D eigenvalue weighted by Crippen LogP contribution is 2.17. The minimum absolute atomic E-state index is 0.148. The van der Waals surface area contributed by atoms with Crippen LogP contribution >= 0.6 is 23.2 Å². The van der Waals surface area contributed by atoms with Gasteiger partial charge in [-0.3, -0.25) is 4.79 Å². The number of hydrogen-bond donors (Lipinski definition) is 1. The molecule has 0 radical (unpaired) electrons. The van der Waals surface area contributed by atoms with Crippen molar-refractivity contribution in [2.45, 2.75) is 76.2 Å². The molecule has 0 rings (SSSR count). The molecule has 0 aromatic carbocycles. The number of aliphatic carboxylic acids is 1. The Morgan fingerprint density at radius 2 is 1.62 bits per heavy atom. The Hall–Kier alpha value is -0.480. The number of halogens is 2. The first-order valence-corrected chi connectivity index (χ1v) is 8.56. The molecule has 0 aliphatic rings. The van der Waals surface area contributed by atoms with E-state index in [0.29, 0.717) is 6.42 Å². The number of esters is 1. The predicted octanol–water partition coefficient (Wildman–Crippen LogP) is 4.36. The van der Waals surface area contributed by atoms with Crippen LogP contribution in [0.25, 0.3) is 0 Å². The number of unbranched alkanes of at least 4 members (excludes halogenated alkanes) is 4. The Labute approximate surface area is 137 Å². The van der Waals surface area contributed by atoms with E-state index in [1.807, 2.05) is 0 Å². The van der Waals surface area contributed by atoms with Crippen LogP contribution in [0.1, 0.15) is 64.7 Å². The van der Waals surface area contributed by atoms with Crippen LogP contribution < -0.4 is 0 Å². The molecule has 0 amide bonds. The Kier molecular flexibility index (Phi) is 12.9. The maximum Gasteiger partial charge on any atom is 0.344 e. The third-order valence-electron chi connectivity index (χ3n) is 3.21. The molecule has 0 aliphatic carbocycles. The Balaban J connectivity index is 3.48. The monoisotopic (exact) mass is 340 g/mol. The van der Waals surface area contributed by atoms with Crippen LogP contribution in [-0.2, 0) is 14.3 Å². The van der Waals surface area contributed by atoms with Crippen molar-refractivity contribution in [3.8, 4) is 0 Å². The van der Waals surface area contributed by atoms with Gasteiger partial charge in [0.2, 0.25) is 0 Å². The lowest BCUT2D eigenvalue weighted by molar-refractivity contribution is -0.162. The predicted molar refractivity (Wildman–Crippen MR) is 85.1 cm³/mol. The van der Waals surface area contributed by atoms with E-state index in [-0.39, 0.29) is 11.8 Å². The van der Waals surface area contributed by atoms with Crippen LogP contribution in [0.3, 0.4) is 0 Å². The molecule has 0 bridgehead atoms. The molecule has 0 spiro atoms. The molecule has 0 aromatic heterocycles. The van der Waals surface area contributed by atoms with Crippen LogP contribution in [-0.4, -0.2) is 34.4 Å². The summed E-state index contributed by atoms with van der Waals surface area (Å²) in [4.78, 5) is 21.9. The third-order valence-corrected chi connectivity index (χ3v) is 3.91. The van der Waals surface area contributed by atoms with Crippen LogP contribution in [0.2, 0.25) is 0 Å². The van der Waals surface area contributed by atoms with Crippen molar-refractivity contribution in [3.63, 3.8) is 0 Å². The van der Waals surface area contributed by atoms with Crippen molar-refractivity contribution in [2.24, 2.45) is 0 Å². The maximum absolute atomic E-state index is 11.3. The largest absolute Gasteiger partial charge is 0.479 e. The Morgan fingerprint density at radius 3 is 2.19 bits per heavy atom. The average Bonchev–Trinajstić information content (AvgIpc) is 2.43. The van der Waals surface area contributed by atoms with E-state index in [2.05, 4.69) is 0 Å². The van der Waals surface area contributed by atoms with E-state index in [1.54, 1.807) is 0 Å². The van der Waals surface area contributed by atoms with Crippen molar-refractivity contribution >= 4 is 35.1 Å². The minimum atomic E-state index is -1.13. The molecule has 2 atom stereocenters. The van der Waals surface area contributed by atoms with Gasteiger partial charge in [0.05, 0.1) is 0 Å². The zero-order chi connectivity index (χ0) is 16.1. The maximum atomic E-state index is 11.3. The molecule has 124 valence electrons. The minimum Gasteiger partial charge on any atom is -0.479 e. The fourth-order valence-electron chi connectivity index (χ4n) is 1.90. The van der Waals surface area contributed by atoms with Gasteiger partial charge >= 0.3 is 11.9 Å². The number of alkyl halides is 2. The van der Waals surface area contributed by atoms with Crippen LogP contribution in [0.15, 0.2) is 0 Å². The highest BCUT2D eigenvalue weighted by molar-refractivity contribution is 6.20. The first-order chi connectivity index (χ1) is 9.97. The second kappa shape index (κ2) is 13.2. The van der Waals surface area contributed by atoms with Crippen molar-refractivity contribution < 1.29 is 19.4 Å². The molecule has 0 aliphatic heterocycles. The molecule has 0 fully saturated rings. The summed E-state index contributed by atoms with van der Waals surface area (Å²) in [6, 6.07) is 0. The fraction of sp³-hybridized carbons (Fsp3) is 0.867. The standard InChI is InChI=1S/C15H26Cl2O4/c1-12(15(19)20)21-14(18)10-6-5-9-13(17)8-4-2-3-7-11-16/h12-13H,2-11H2,1H3,(H,19,20)/t12-,13?/m0/s1. The quantitative estimate of drug-likeness (QED) is 0.307. The van der Waals surface area contributed by atoms with Gasteiger partial charge in [-0.15, -0.1) is 23.2 Å². The number of carbonyl (C=O) groups is 2. The number of carboxylic acids is 1. The van der Waals surface area contributed by atoms with Gasteiger partial charge in [0.1, 0.15) is 0 Å². The third kappa shape index (κ3) is 12.9. The zero-order valence-electron chi connectivity index (χ0n) is 12.7. The summed E-state index contributed by atoms with van der Waals surface area (Å²) in [5.74, 6) is -0.864. The van der Waals surface area contributed by atoms with Crippen LogP contribution in [0.5, 0.6) is 0 Å². The van der Waals surface area contributed by atoms with E-state index in [1.165, 1.54) is 6.92 Å². The summed E-state index contributed by atoms with van der Waals surface area (Å²) < 4.78 is 4.74. The van der Waals surface area contributed by atoms with Crippen LogP contribution in [0, 0.1) is 0 Å². The summed E-state index contributed by atoms with van der Waals surface area (Å²) in [5, 5.41) is 8.76. The summed E-state index contributed by atoms with van der Waals surface area (Å²) in [6.45, 7) is 1.35. The van der Waals surface area contributed by atoms with E-state index in [9.17, 15) is 9.59 Å². The highest BCUT2D eigenvalue weighted by atomic mass is 35.5. The average molecular weight is 341 g/mol. The number of rotatable bonds is 13. The lowest BCUT2D eigenvalue weighted by Gasteiger charge is -2.10. The summed E-state index contributed by atoms with van der Waals surface area (Å²) in [5.41, 5.74) is 0. The van der Waals surface area contributed by atoms with E-state index in [0.717, 1.165) is 50.8 Å². The second-order valence-electron chi connectivity index (χ2n) is 5.21. The number of hydrogen-bond acceptors (Lipinski definition) is 3. The molecule has 0 heterocycles. The molecule has 0 aromatic rings. The Morgan fingerprint density at radius 1 is 1.05 bits per heavy atom. The van der Waals surface area contributed by atoms with E-state index in [4.69, 9.17) is 33.0 Å². The molecule has 21 heavy (non-hydrogen) atoms. The van der Waals surface area contributed by atoms with Gasteiger partial charge < -0.3 is 9.84 Å². The number of carbonyl (C=O) groups excluding carboxylic acids is 1. The normalized spacial score (nSPS) is 13.7. The van der Waals surface area contributed by atoms with Crippen molar-refractivity contribution in [1.82, 2.24) is 0 Å². The summed E-state index contributed by atoms with van der Waals surface area (Å²) in [6.07, 6.45) is 7.06. The fourth-order valence-corrected chi connectivity index (χ4v) is 2.40. The molecule has 0 saturated carbocycles. The first-order valence-electron chi connectivity index (χ1n) is 7.59. The first kappa shape index (κ1) is 20.5. The topological polar surface area (TPSA) is 63.6 Å². The lowest BCUT2D eigenvalue weighted by Crippen LogP contribution is -2.23. The zero-order valence-corrected chi connectivity index (χ0v) is 14.2. The smallest absolute Gasteiger partial charge is 0.344 e. The lowest BCUT2D eigenvalue weighted by atomic mass is 10.1. The van der Waals surface area contributed by atoms with Gasteiger partial charge in [-0.1, -0.05) is 25.7 Å². The van der Waals surface area contributed by atoms with Crippen molar-refractivity contribution in [2.75, 3.05) is 5.88 Å². The van der Waals surface area contributed by atoms with Crippen molar-refractivity contribution in [3.05, 3.63) is 0 Å². The van der Waals surface area contributed by atoms with E-state index >= 15 is 0 Å². The van der Waals surface area contributed by atoms with Gasteiger partial charge in [-0.2, -0.15) is 0 Å². The highest BCUT2D eigenvalue weighted by Gasteiger charge is 2.15. The van der Waals surface area contributed by atoms with E-state index < -0.39 is 18.0 Å². The number of ether oxygens (including phenoxy) is 1. The molecular formula is C15H26Cl2O4. The molecular weight excluding hydrogens is 315 g/mol. The number of carboxylic acid groups (broad SMARTS) is 1. The molecule has 4 nitrogen and oxygen atoms in total. The van der Waals surface area contributed by atoms with Gasteiger partial charge in [-0.25, -0.2) is 4.79 Å². The Bertz CT molecular complexity index is 297.